The lowest BCUT2D eigenvalue weighted by atomic mass is 9.98. The largest absolute Gasteiger partial charge is 0.444 e. The van der Waals surface area contributed by atoms with Crippen LogP contribution in [0.15, 0.2) is 96.1 Å². The number of pyridine rings is 1. The van der Waals surface area contributed by atoms with E-state index in [0.717, 1.165) is 27.9 Å². The molecule has 9 heteroatoms. The molecular formula is C31H28Cl2N4O3. The van der Waals surface area contributed by atoms with Crippen molar-refractivity contribution in [1.82, 2.24) is 15.6 Å². The van der Waals surface area contributed by atoms with Gasteiger partial charge in [0.05, 0.1) is 5.69 Å². The van der Waals surface area contributed by atoms with Crippen LogP contribution in [0, 0.1) is 0 Å². The van der Waals surface area contributed by atoms with Crippen molar-refractivity contribution in [3.63, 3.8) is 0 Å². The highest BCUT2D eigenvalue weighted by molar-refractivity contribution is 6.31. The van der Waals surface area contributed by atoms with Gasteiger partial charge in [0.2, 0.25) is 5.96 Å². The van der Waals surface area contributed by atoms with Crippen molar-refractivity contribution in [3.05, 3.63) is 112 Å². The van der Waals surface area contributed by atoms with Gasteiger partial charge in [-0.05, 0) is 74.4 Å². The molecule has 2 N–H and O–H groups in total. The molecular weight excluding hydrogens is 547 g/mol. The molecule has 40 heavy (non-hydrogen) atoms. The molecule has 1 aromatic heterocycles. The van der Waals surface area contributed by atoms with Crippen LogP contribution >= 0.6 is 23.2 Å². The predicted molar refractivity (Wildman–Crippen MR) is 160 cm³/mol. The van der Waals surface area contributed by atoms with E-state index in [0.29, 0.717) is 15.6 Å². The molecule has 4 rings (SSSR count). The fraction of sp³-hybridized carbons (Fsp3) is 0.161. The van der Waals surface area contributed by atoms with E-state index in [1.807, 2.05) is 54.6 Å². The number of hydrogen-bond acceptors (Lipinski definition) is 4. The summed E-state index contributed by atoms with van der Waals surface area (Å²) in [7, 11) is 0. The number of guanidine groups is 1. The van der Waals surface area contributed by atoms with Gasteiger partial charge in [0.1, 0.15) is 5.60 Å². The fourth-order valence-corrected chi connectivity index (χ4v) is 3.99. The van der Waals surface area contributed by atoms with Crippen LogP contribution in [0.25, 0.3) is 22.4 Å². The Morgan fingerprint density at radius 3 is 2.08 bits per heavy atom. The number of carbonyl (C=O) groups is 2. The van der Waals surface area contributed by atoms with Gasteiger partial charge in [0, 0.05) is 39.5 Å². The van der Waals surface area contributed by atoms with Crippen LogP contribution in [0.1, 0.15) is 36.7 Å². The minimum atomic E-state index is -0.738. The van der Waals surface area contributed by atoms with Crippen LogP contribution in [-0.4, -0.2) is 28.5 Å². The molecule has 0 fully saturated rings. The molecule has 4 aromatic rings. The summed E-state index contributed by atoms with van der Waals surface area (Å²) in [6, 6.07) is 25.5. The average Bonchev–Trinajstić information content (AvgIpc) is 2.92. The van der Waals surface area contributed by atoms with E-state index in [-0.39, 0.29) is 12.5 Å². The number of alkyl carbamates (subject to hydrolysis) is 1. The molecule has 0 saturated heterocycles. The lowest BCUT2D eigenvalue weighted by Crippen LogP contribution is -2.43. The van der Waals surface area contributed by atoms with Crippen molar-refractivity contribution in [1.29, 1.82) is 0 Å². The Balaban J connectivity index is 1.64. The zero-order valence-corrected chi connectivity index (χ0v) is 23.8. The number of ether oxygens (including phenoxy) is 1. The third-order valence-electron chi connectivity index (χ3n) is 5.53. The Morgan fingerprint density at radius 2 is 1.48 bits per heavy atom. The number of rotatable bonds is 5. The maximum absolute atomic E-state index is 12.8. The minimum Gasteiger partial charge on any atom is -0.444 e. The summed E-state index contributed by atoms with van der Waals surface area (Å²) in [5.41, 5.74) is 3.90. The summed E-state index contributed by atoms with van der Waals surface area (Å²) >= 11 is 12.2. The summed E-state index contributed by atoms with van der Waals surface area (Å²) in [4.78, 5) is 34.1. The van der Waals surface area contributed by atoms with Crippen molar-refractivity contribution in [2.24, 2.45) is 4.99 Å². The Labute approximate surface area is 243 Å². The molecule has 7 nitrogen and oxygen atoms in total. The van der Waals surface area contributed by atoms with Crippen LogP contribution in [0.3, 0.4) is 0 Å². The standard InChI is InChI=1S/C31H28Cl2N4O3/c1-31(2,3)40-30(39)37-29(36-28(38)23-7-5-4-6-8-23)35-19-20-17-26(21-9-13-24(32)14-10-21)27(34-18-20)22-11-15-25(33)16-12-22/h4-18H,19H2,1-3H3,(H2,35,36,37,38,39). The van der Waals surface area contributed by atoms with Crippen molar-refractivity contribution in [2.45, 2.75) is 32.9 Å². The molecule has 0 unspecified atom stereocenters. The molecule has 0 radical (unpaired) electrons. The van der Waals surface area contributed by atoms with Crippen molar-refractivity contribution < 1.29 is 14.3 Å². The number of aromatic nitrogens is 1. The number of aliphatic imine (C=N–C) groups is 1. The maximum Gasteiger partial charge on any atom is 0.414 e. The summed E-state index contributed by atoms with van der Waals surface area (Å²) in [5, 5.41) is 6.85. The number of carbonyl (C=O) groups excluding carboxylic acids is 2. The predicted octanol–water partition coefficient (Wildman–Crippen LogP) is 7.53. The number of amides is 2. The smallest absolute Gasteiger partial charge is 0.414 e. The number of nitrogens with one attached hydrogen (secondary N) is 2. The van der Waals surface area contributed by atoms with E-state index < -0.39 is 17.6 Å². The molecule has 0 saturated carbocycles. The SMILES string of the molecule is CC(C)(C)OC(=O)NC(=NC(=O)c1ccccc1)NCc1cnc(-c2ccc(Cl)cc2)c(-c2ccc(Cl)cc2)c1. The average molecular weight is 575 g/mol. The van der Waals surface area contributed by atoms with Gasteiger partial charge in [-0.1, -0.05) is 65.7 Å². The highest BCUT2D eigenvalue weighted by Crippen LogP contribution is 2.32. The summed E-state index contributed by atoms with van der Waals surface area (Å²) < 4.78 is 5.35. The first-order valence-electron chi connectivity index (χ1n) is 12.5. The molecule has 3 aromatic carbocycles. The fourth-order valence-electron chi connectivity index (χ4n) is 3.74. The zero-order chi connectivity index (χ0) is 28.7. The minimum absolute atomic E-state index is 0.0436. The van der Waals surface area contributed by atoms with Gasteiger partial charge < -0.3 is 10.1 Å². The van der Waals surface area contributed by atoms with E-state index >= 15 is 0 Å². The Kier molecular flexibility index (Phi) is 9.19. The molecule has 0 spiro atoms. The normalized spacial score (nSPS) is 11.6. The first kappa shape index (κ1) is 28.8. The van der Waals surface area contributed by atoms with Gasteiger partial charge in [-0.3, -0.25) is 15.1 Å². The summed E-state index contributed by atoms with van der Waals surface area (Å²) in [6.07, 6.45) is 0.984. The Morgan fingerprint density at radius 1 is 0.875 bits per heavy atom. The summed E-state index contributed by atoms with van der Waals surface area (Å²) in [6.45, 7) is 5.46. The first-order valence-corrected chi connectivity index (χ1v) is 13.3. The van der Waals surface area contributed by atoms with Crippen LogP contribution in [-0.2, 0) is 11.3 Å². The first-order chi connectivity index (χ1) is 19.1. The van der Waals surface area contributed by atoms with E-state index in [1.54, 1.807) is 57.3 Å². The Bertz CT molecular complexity index is 1520. The maximum atomic E-state index is 12.8. The van der Waals surface area contributed by atoms with Gasteiger partial charge >= 0.3 is 6.09 Å². The van der Waals surface area contributed by atoms with Crippen molar-refractivity contribution >= 4 is 41.2 Å². The number of benzene rings is 3. The summed E-state index contributed by atoms with van der Waals surface area (Å²) in [5.74, 6) is -0.560. The van der Waals surface area contributed by atoms with Gasteiger partial charge in [0.15, 0.2) is 0 Å². The van der Waals surface area contributed by atoms with Gasteiger partial charge in [-0.2, -0.15) is 4.99 Å². The zero-order valence-electron chi connectivity index (χ0n) is 22.2. The highest BCUT2D eigenvalue weighted by atomic mass is 35.5. The number of hydrogen-bond donors (Lipinski definition) is 2. The molecule has 204 valence electrons. The van der Waals surface area contributed by atoms with Crippen LogP contribution in [0.4, 0.5) is 4.79 Å². The van der Waals surface area contributed by atoms with Crippen LogP contribution < -0.4 is 10.6 Å². The van der Waals surface area contributed by atoms with E-state index in [4.69, 9.17) is 32.9 Å². The third-order valence-corrected chi connectivity index (χ3v) is 6.03. The molecule has 0 aliphatic heterocycles. The number of halogens is 2. The second kappa shape index (κ2) is 12.8. The molecule has 0 bridgehead atoms. The monoisotopic (exact) mass is 574 g/mol. The Hall–Kier alpha value is -4.20. The molecule has 0 aliphatic carbocycles. The molecule has 1 heterocycles. The van der Waals surface area contributed by atoms with Crippen molar-refractivity contribution in [3.8, 4) is 22.4 Å². The van der Waals surface area contributed by atoms with E-state index in [2.05, 4.69) is 15.6 Å². The number of nitrogens with zero attached hydrogens (tertiary/aromatic N) is 2. The molecule has 0 aliphatic rings. The van der Waals surface area contributed by atoms with Gasteiger partial charge in [-0.25, -0.2) is 4.79 Å². The van der Waals surface area contributed by atoms with Crippen molar-refractivity contribution in [2.75, 3.05) is 0 Å². The lowest BCUT2D eigenvalue weighted by molar-refractivity contribution is 0.0561. The second-order valence-electron chi connectivity index (χ2n) is 9.87. The van der Waals surface area contributed by atoms with Gasteiger partial charge in [-0.15, -0.1) is 0 Å². The molecule has 2 amide bonds. The topological polar surface area (TPSA) is 92.7 Å². The van der Waals surface area contributed by atoms with E-state index in [1.165, 1.54) is 0 Å². The third kappa shape index (κ3) is 8.15. The quantitative estimate of drug-likeness (QED) is 0.190. The second-order valence-corrected chi connectivity index (χ2v) is 10.7. The lowest BCUT2D eigenvalue weighted by Gasteiger charge is -2.20. The van der Waals surface area contributed by atoms with E-state index in [9.17, 15) is 9.59 Å². The molecule has 0 atom stereocenters. The highest BCUT2D eigenvalue weighted by Gasteiger charge is 2.19. The van der Waals surface area contributed by atoms with Crippen LogP contribution in [0.5, 0.6) is 0 Å². The van der Waals surface area contributed by atoms with Crippen LogP contribution in [0.2, 0.25) is 10.0 Å². The van der Waals surface area contributed by atoms with Gasteiger partial charge in [0.25, 0.3) is 5.91 Å².